The molecule has 2 aliphatic rings. The Labute approximate surface area is 228 Å². The lowest BCUT2D eigenvalue weighted by Gasteiger charge is -2.43. The summed E-state index contributed by atoms with van der Waals surface area (Å²) >= 11 is 6.19. The summed E-state index contributed by atoms with van der Waals surface area (Å²) in [5, 5.41) is 1.77. The van der Waals surface area contributed by atoms with Crippen molar-refractivity contribution in [2.24, 2.45) is 0 Å². The molecule has 5 rings (SSSR count). The van der Waals surface area contributed by atoms with Gasteiger partial charge >= 0.3 is 0 Å². The predicted molar refractivity (Wildman–Crippen MR) is 148 cm³/mol. The van der Waals surface area contributed by atoms with Gasteiger partial charge in [-0.1, -0.05) is 29.8 Å². The van der Waals surface area contributed by atoms with E-state index in [1.807, 2.05) is 70.0 Å². The van der Waals surface area contributed by atoms with Gasteiger partial charge in [-0.3, -0.25) is 9.59 Å². The number of piperazine rings is 1. The first-order valence-electron chi connectivity index (χ1n) is 13.1. The second-order valence-corrected chi connectivity index (χ2v) is 10.8. The number of carbonyl (C=O) groups is 2. The Morgan fingerprint density at radius 1 is 1.00 bits per heavy atom. The van der Waals surface area contributed by atoms with E-state index in [2.05, 4.69) is 11.9 Å². The van der Waals surface area contributed by atoms with Crippen molar-refractivity contribution < 1.29 is 19.1 Å². The number of hydrogen-bond acceptors (Lipinski definition) is 5. The van der Waals surface area contributed by atoms with Crippen LogP contribution >= 0.6 is 11.6 Å². The molecule has 202 valence electrons. The number of benzene rings is 2. The Balaban J connectivity index is 1.33. The van der Waals surface area contributed by atoms with Crippen LogP contribution in [0.5, 0.6) is 5.75 Å². The molecule has 1 atom stereocenters. The van der Waals surface area contributed by atoms with Crippen LogP contribution in [0.15, 0.2) is 54.7 Å². The zero-order chi connectivity index (χ0) is 26.7. The highest BCUT2D eigenvalue weighted by Crippen LogP contribution is 2.28. The van der Waals surface area contributed by atoms with Crippen LogP contribution in [0, 0.1) is 6.92 Å². The first-order chi connectivity index (χ1) is 18.3. The molecule has 0 aliphatic carbocycles. The van der Waals surface area contributed by atoms with E-state index in [1.165, 1.54) is 0 Å². The minimum absolute atomic E-state index is 0.00610. The number of morpholine rings is 1. The molecule has 1 unspecified atom stereocenters. The van der Waals surface area contributed by atoms with Gasteiger partial charge in [-0.2, -0.15) is 0 Å². The molecule has 0 N–H and O–H groups in total. The Morgan fingerprint density at radius 3 is 2.58 bits per heavy atom. The summed E-state index contributed by atoms with van der Waals surface area (Å²) in [4.78, 5) is 32.8. The third-order valence-electron chi connectivity index (χ3n) is 7.55. The monoisotopic (exact) mass is 538 g/mol. The van der Waals surface area contributed by atoms with Crippen molar-refractivity contribution >= 4 is 34.3 Å². The number of aryl methyl sites for hydroxylation is 1. The van der Waals surface area contributed by atoms with Crippen molar-refractivity contribution in [1.82, 2.24) is 19.3 Å². The lowest BCUT2D eigenvalue weighted by Crippen LogP contribution is -2.59. The summed E-state index contributed by atoms with van der Waals surface area (Å²) in [7, 11) is 2.06. The van der Waals surface area contributed by atoms with Crippen LogP contribution in [0.1, 0.15) is 12.0 Å². The molecule has 1 aromatic heterocycles. The highest BCUT2D eigenvalue weighted by Gasteiger charge is 2.42. The standard InChI is InChI=1S/C29H35ClN4O4/c1-22-17-24(7-8-25(22)30)37-21-29(18-27(35)32-13-11-31(2)12-14-32)20-34(15-16-38-29)28(36)19-33-10-9-23-5-3-4-6-26(23)33/h3-10,17H,11-16,18-21H2,1-2H3. The number of likely N-dealkylation sites (N-methyl/N-ethyl adjacent to an activating group) is 1. The molecule has 2 fully saturated rings. The van der Waals surface area contributed by atoms with Gasteiger partial charge < -0.3 is 28.7 Å². The summed E-state index contributed by atoms with van der Waals surface area (Å²) in [5.74, 6) is 0.678. The van der Waals surface area contributed by atoms with Crippen molar-refractivity contribution in [2.45, 2.75) is 25.5 Å². The molecule has 3 aromatic rings. The highest BCUT2D eigenvalue weighted by molar-refractivity contribution is 6.31. The van der Waals surface area contributed by atoms with E-state index in [1.54, 1.807) is 6.07 Å². The molecule has 8 nitrogen and oxygen atoms in total. The quantitative estimate of drug-likeness (QED) is 0.461. The first kappa shape index (κ1) is 26.5. The van der Waals surface area contributed by atoms with Crippen LogP contribution in [-0.4, -0.2) is 96.2 Å². The van der Waals surface area contributed by atoms with Gasteiger partial charge in [-0.25, -0.2) is 0 Å². The van der Waals surface area contributed by atoms with E-state index in [9.17, 15) is 9.59 Å². The van der Waals surface area contributed by atoms with Gasteiger partial charge in [-0.05, 0) is 55.3 Å². The summed E-state index contributed by atoms with van der Waals surface area (Å²) in [5.41, 5.74) is 0.986. The SMILES string of the molecule is Cc1cc(OCC2(CC(=O)N3CCN(C)CC3)CN(C(=O)Cn3ccc4ccccc43)CCO2)ccc1Cl. The number of nitrogens with zero attached hydrogens (tertiary/aromatic N) is 4. The van der Waals surface area contributed by atoms with Crippen molar-refractivity contribution in [3.8, 4) is 5.75 Å². The molecule has 0 spiro atoms. The average Bonchev–Trinajstić information content (AvgIpc) is 3.32. The normalized spacial score (nSPS) is 20.6. The van der Waals surface area contributed by atoms with E-state index >= 15 is 0 Å². The van der Waals surface area contributed by atoms with Gasteiger partial charge in [0.25, 0.3) is 0 Å². The minimum atomic E-state index is -0.944. The topological polar surface area (TPSA) is 67.2 Å². The summed E-state index contributed by atoms with van der Waals surface area (Å²) in [6.45, 7) is 6.47. The van der Waals surface area contributed by atoms with Crippen molar-refractivity contribution in [2.75, 3.05) is 59.5 Å². The fraction of sp³-hybridized carbons (Fsp3) is 0.448. The minimum Gasteiger partial charge on any atom is -0.490 e. The fourth-order valence-electron chi connectivity index (χ4n) is 5.19. The largest absolute Gasteiger partial charge is 0.490 e. The second kappa shape index (κ2) is 11.4. The Morgan fingerprint density at radius 2 is 1.79 bits per heavy atom. The number of carbonyl (C=O) groups excluding carboxylic acids is 2. The summed E-state index contributed by atoms with van der Waals surface area (Å²) in [6.07, 6.45) is 2.10. The molecule has 2 aliphatic heterocycles. The zero-order valence-corrected chi connectivity index (χ0v) is 22.8. The predicted octanol–water partition coefficient (Wildman–Crippen LogP) is 3.44. The van der Waals surface area contributed by atoms with Gasteiger partial charge in [0.05, 0.1) is 19.6 Å². The van der Waals surface area contributed by atoms with Crippen LogP contribution < -0.4 is 4.74 Å². The third kappa shape index (κ3) is 5.98. The third-order valence-corrected chi connectivity index (χ3v) is 7.97. The summed E-state index contributed by atoms with van der Waals surface area (Å²) in [6, 6.07) is 15.5. The van der Waals surface area contributed by atoms with Crippen LogP contribution in [0.3, 0.4) is 0 Å². The van der Waals surface area contributed by atoms with Crippen LogP contribution in [0.4, 0.5) is 0 Å². The number of ether oxygens (including phenoxy) is 2. The summed E-state index contributed by atoms with van der Waals surface area (Å²) < 4.78 is 14.4. The Hall–Kier alpha value is -3.07. The van der Waals surface area contributed by atoms with Crippen LogP contribution in [-0.2, 0) is 20.9 Å². The Kier molecular flexibility index (Phi) is 7.93. The zero-order valence-electron chi connectivity index (χ0n) is 22.1. The molecule has 9 heteroatoms. The number of aromatic nitrogens is 1. The highest BCUT2D eigenvalue weighted by atomic mass is 35.5. The molecule has 0 bridgehead atoms. The molecule has 3 heterocycles. The fourth-order valence-corrected chi connectivity index (χ4v) is 5.31. The van der Waals surface area contributed by atoms with Gasteiger partial charge in [-0.15, -0.1) is 0 Å². The second-order valence-electron chi connectivity index (χ2n) is 10.4. The maximum absolute atomic E-state index is 13.5. The number of rotatable bonds is 7. The van der Waals surface area contributed by atoms with E-state index in [0.717, 1.165) is 29.6 Å². The maximum Gasteiger partial charge on any atom is 0.242 e. The van der Waals surface area contributed by atoms with Gasteiger partial charge in [0.1, 0.15) is 24.5 Å². The molecule has 0 saturated carbocycles. The van der Waals surface area contributed by atoms with E-state index < -0.39 is 5.60 Å². The van der Waals surface area contributed by atoms with Crippen LogP contribution in [0.2, 0.25) is 5.02 Å². The number of halogens is 1. The molecular weight excluding hydrogens is 504 g/mol. The van der Waals surface area contributed by atoms with Crippen molar-refractivity contribution in [1.29, 1.82) is 0 Å². The van der Waals surface area contributed by atoms with Gasteiger partial charge in [0, 0.05) is 49.5 Å². The average molecular weight is 539 g/mol. The molecule has 2 saturated heterocycles. The number of para-hydroxylation sites is 1. The first-order valence-corrected chi connectivity index (χ1v) is 13.5. The molecule has 2 aromatic carbocycles. The lowest BCUT2D eigenvalue weighted by atomic mass is 9.96. The van der Waals surface area contributed by atoms with Crippen LogP contribution in [0.25, 0.3) is 10.9 Å². The van der Waals surface area contributed by atoms with Gasteiger partial charge in [0.15, 0.2) is 0 Å². The number of hydrogen-bond donors (Lipinski definition) is 0. The van der Waals surface area contributed by atoms with Crippen molar-refractivity contribution in [3.63, 3.8) is 0 Å². The van der Waals surface area contributed by atoms with E-state index in [0.29, 0.717) is 37.0 Å². The van der Waals surface area contributed by atoms with Crippen molar-refractivity contribution in [3.05, 3.63) is 65.3 Å². The maximum atomic E-state index is 13.5. The van der Waals surface area contributed by atoms with E-state index in [4.69, 9.17) is 21.1 Å². The lowest BCUT2D eigenvalue weighted by molar-refractivity contribution is -0.166. The molecular formula is C29H35ClN4O4. The van der Waals surface area contributed by atoms with Gasteiger partial charge in [0.2, 0.25) is 11.8 Å². The molecule has 0 radical (unpaired) electrons. The number of amides is 2. The Bertz CT molecular complexity index is 1300. The molecule has 2 amide bonds. The smallest absolute Gasteiger partial charge is 0.242 e. The van der Waals surface area contributed by atoms with E-state index in [-0.39, 0.29) is 37.9 Å². The number of fused-ring (bicyclic) bond motifs is 1. The molecule has 38 heavy (non-hydrogen) atoms.